The monoisotopic (exact) mass is 259 g/mol. The summed E-state index contributed by atoms with van der Waals surface area (Å²) in [4.78, 5) is 22.7. The average molecular weight is 259 g/mol. The van der Waals surface area contributed by atoms with Gasteiger partial charge in [0.1, 0.15) is 6.26 Å². The van der Waals surface area contributed by atoms with Crippen LogP contribution in [-0.4, -0.2) is 17.0 Å². The van der Waals surface area contributed by atoms with E-state index in [2.05, 4.69) is 20.3 Å². The number of hydrogen-bond acceptors (Lipinski definition) is 4. The first-order chi connectivity index (χ1) is 9.13. The van der Waals surface area contributed by atoms with Gasteiger partial charge in [0.2, 0.25) is 11.8 Å². The van der Waals surface area contributed by atoms with E-state index in [9.17, 15) is 9.59 Å². The number of amides is 2. The van der Waals surface area contributed by atoms with E-state index < -0.39 is 0 Å². The van der Waals surface area contributed by atoms with Crippen molar-refractivity contribution in [3.05, 3.63) is 42.3 Å². The van der Waals surface area contributed by atoms with Gasteiger partial charge in [0.15, 0.2) is 0 Å². The summed E-state index contributed by atoms with van der Waals surface area (Å²) < 4.78 is 4.65. The Morgan fingerprint density at radius 1 is 1.21 bits per heavy atom. The van der Waals surface area contributed by atoms with Gasteiger partial charge in [0.25, 0.3) is 0 Å². The standard InChI is InChI=1S/C13H13N3O3/c1-9(17)14-10-3-2-4-11(7-10)15-13(18)8-12-5-6-19-16-12/h2-7H,8H2,1H3,(H,14,17)(H,15,18). The number of aromatic nitrogens is 1. The van der Waals surface area contributed by atoms with Crippen LogP contribution in [0.15, 0.2) is 41.1 Å². The molecule has 0 saturated carbocycles. The van der Waals surface area contributed by atoms with E-state index in [1.807, 2.05) is 0 Å². The topological polar surface area (TPSA) is 84.2 Å². The molecular formula is C13H13N3O3. The predicted octanol–water partition coefficient (Wildman–Crippen LogP) is 1.81. The van der Waals surface area contributed by atoms with E-state index in [-0.39, 0.29) is 18.2 Å². The fourth-order valence-electron chi connectivity index (χ4n) is 1.58. The van der Waals surface area contributed by atoms with Crippen LogP contribution in [0.1, 0.15) is 12.6 Å². The molecule has 0 unspecified atom stereocenters. The third kappa shape index (κ3) is 3.95. The lowest BCUT2D eigenvalue weighted by molar-refractivity contribution is -0.116. The zero-order valence-electron chi connectivity index (χ0n) is 10.3. The zero-order valence-corrected chi connectivity index (χ0v) is 10.3. The van der Waals surface area contributed by atoms with Gasteiger partial charge >= 0.3 is 0 Å². The molecule has 1 aromatic heterocycles. The summed E-state index contributed by atoms with van der Waals surface area (Å²) in [5.41, 5.74) is 1.81. The van der Waals surface area contributed by atoms with Crippen molar-refractivity contribution in [3.8, 4) is 0 Å². The van der Waals surface area contributed by atoms with Crippen molar-refractivity contribution in [3.63, 3.8) is 0 Å². The van der Waals surface area contributed by atoms with Crippen LogP contribution in [0.2, 0.25) is 0 Å². The molecule has 6 nitrogen and oxygen atoms in total. The van der Waals surface area contributed by atoms with E-state index in [1.54, 1.807) is 30.3 Å². The summed E-state index contributed by atoms with van der Waals surface area (Å²) in [5.74, 6) is -0.361. The highest BCUT2D eigenvalue weighted by molar-refractivity contribution is 5.94. The highest BCUT2D eigenvalue weighted by atomic mass is 16.5. The van der Waals surface area contributed by atoms with Gasteiger partial charge in [-0.3, -0.25) is 9.59 Å². The van der Waals surface area contributed by atoms with Gasteiger partial charge in [-0.2, -0.15) is 0 Å². The molecule has 0 saturated heterocycles. The molecule has 0 spiro atoms. The summed E-state index contributed by atoms with van der Waals surface area (Å²) in [7, 11) is 0. The van der Waals surface area contributed by atoms with Gasteiger partial charge in [0.05, 0.1) is 12.1 Å². The molecule has 98 valence electrons. The van der Waals surface area contributed by atoms with Crippen LogP contribution >= 0.6 is 0 Å². The molecule has 2 aromatic rings. The minimum atomic E-state index is -0.200. The lowest BCUT2D eigenvalue weighted by Crippen LogP contribution is -2.15. The normalized spacial score (nSPS) is 9.95. The van der Waals surface area contributed by atoms with Crippen molar-refractivity contribution in [2.75, 3.05) is 10.6 Å². The molecule has 0 atom stereocenters. The molecular weight excluding hydrogens is 246 g/mol. The van der Waals surface area contributed by atoms with E-state index in [0.29, 0.717) is 17.1 Å². The third-order valence-corrected chi connectivity index (χ3v) is 2.30. The average Bonchev–Trinajstić information content (AvgIpc) is 2.81. The number of benzene rings is 1. The predicted molar refractivity (Wildman–Crippen MR) is 69.6 cm³/mol. The Morgan fingerprint density at radius 3 is 2.58 bits per heavy atom. The van der Waals surface area contributed by atoms with Crippen molar-refractivity contribution in [1.29, 1.82) is 0 Å². The Hall–Kier alpha value is -2.63. The number of carbonyl (C=O) groups excluding carboxylic acids is 2. The van der Waals surface area contributed by atoms with Crippen molar-refractivity contribution in [2.45, 2.75) is 13.3 Å². The second kappa shape index (κ2) is 5.81. The summed E-state index contributed by atoms with van der Waals surface area (Å²) in [6.07, 6.45) is 1.56. The van der Waals surface area contributed by atoms with Crippen LogP contribution in [0.25, 0.3) is 0 Å². The van der Waals surface area contributed by atoms with E-state index in [4.69, 9.17) is 0 Å². The first-order valence-electron chi connectivity index (χ1n) is 5.70. The highest BCUT2D eigenvalue weighted by Crippen LogP contribution is 2.15. The summed E-state index contributed by atoms with van der Waals surface area (Å²) in [6.45, 7) is 1.43. The van der Waals surface area contributed by atoms with Crippen LogP contribution in [0.5, 0.6) is 0 Å². The smallest absolute Gasteiger partial charge is 0.230 e. The molecule has 2 rings (SSSR count). The Kier molecular flexibility index (Phi) is 3.92. The Labute approximate surface area is 109 Å². The summed E-state index contributed by atoms with van der Waals surface area (Å²) in [6, 6.07) is 8.55. The zero-order chi connectivity index (χ0) is 13.7. The lowest BCUT2D eigenvalue weighted by atomic mass is 10.2. The number of anilines is 2. The SMILES string of the molecule is CC(=O)Nc1cccc(NC(=O)Cc2ccon2)c1. The maximum Gasteiger partial charge on any atom is 0.230 e. The lowest BCUT2D eigenvalue weighted by Gasteiger charge is -2.07. The molecule has 0 aliphatic heterocycles. The van der Waals surface area contributed by atoms with Gasteiger partial charge in [-0.25, -0.2) is 0 Å². The molecule has 0 bridgehead atoms. The Balaban J connectivity index is 1.98. The molecule has 2 amide bonds. The maximum atomic E-state index is 11.7. The van der Waals surface area contributed by atoms with E-state index in [0.717, 1.165) is 0 Å². The molecule has 0 radical (unpaired) electrons. The molecule has 2 N–H and O–H groups in total. The molecule has 0 aliphatic carbocycles. The quantitative estimate of drug-likeness (QED) is 0.877. The van der Waals surface area contributed by atoms with E-state index >= 15 is 0 Å². The van der Waals surface area contributed by atoms with Crippen molar-refractivity contribution < 1.29 is 14.1 Å². The van der Waals surface area contributed by atoms with Crippen LogP contribution < -0.4 is 10.6 Å². The molecule has 1 aromatic carbocycles. The molecule has 0 fully saturated rings. The fraction of sp³-hybridized carbons (Fsp3) is 0.154. The van der Waals surface area contributed by atoms with Gasteiger partial charge in [-0.05, 0) is 18.2 Å². The van der Waals surface area contributed by atoms with Crippen molar-refractivity contribution in [2.24, 2.45) is 0 Å². The minimum absolute atomic E-state index is 0.140. The number of rotatable bonds is 4. The van der Waals surface area contributed by atoms with Crippen LogP contribution in [0.4, 0.5) is 11.4 Å². The third-order valence-electron chi connectivity index (χ3n) is 2.30. The van der Waals surface area contributed by atoms with Crippen LogP contribution in [0, 0.1) is 0 Å². The number of nitrogens with zero attached hydrogens (tertiary/aromatic N) is 1. The second-order valence-corrected chi connectivity index (χ2v) is 3.98. The molecule has 1 heterocycles. The van der Waals surface area contributed by atoms with Crippen LogP contribution in [-0.2, 0) is 16.0 Å². The molecule has 6 heteroatoms. The van der Waals surface area contributed by atoms with Gasteiger partial charge < -0.3 is 15.2 Å². The fourth-order valence-corrected chi connectivity index (χ4v) is 1.58. The second-order valence-electron chi connectivity index (χ2n) is 3.98. The first-order valence-corrected chi connectivity index (χ1v) is 5.70. The van der Waals surface area contributed by atoms with Crippen molar-refractivity contribution in [1.82, 2.24) is 5.16 Å². The maximum absolute atomic E-state index is 11.7. The largest absolute Gasteiger partial charge is 0.364 e. The summed E-state index contributed by atoms with van der Waals surface area (Å²) in [5, 5.41) is 9.03. The van der Waals surface area contributed by atoms with Gasteiger partial charge in [0, 0.05) is 24.4 Å². The first kappa shape index (κ1) is 12.8. The molecule has 0 aliphatic rings. The number of nitrogens with one attached hydrogen (secondary N) is 2. The van der Waals surface area contributed by atoms with E-state index in [1.165, 1.54) is 13.2 Å². The Morgan fingerprint density at radius 2 is 1.95 bits per heavy atom. The van der Waals surface area contributed by atoms with Gasteiger partial charge in [-0.1, -0.05) is 11.2 Å². The summed E-state index contributed by atoms with van der Waals surface area (Å²) >= 11 is 0. The van der Waals surface area contributed by atoms with Crippen LogP contribution in [0.3, 0.4) is 0 Å². The Bertz CT molecular complexity index is 579. The van der Waals surface area contributed by atoms with Crippen molar-refractivity contribution >= 4 is 23.2 Å². The number of hydrogen-bond donors (Lipinski definition) is 2. The minimum Gasteiger partial charge on any atom is -0.364 e. The van der Waals surface area contributed by atoms with Gasteiger partial charge in [-0.15, -0.1) is 0 Å². The number of carbonyl (C=O) groups is 2. The molecule has 19 heavy (non-hydrogen) atoms. The highest BCUT2D eigenvalue weighted by Gasteiger charge is 2.07.